The summed E-state index contributed by atoms with van der Waals surface area (Å²) < 4.78 is 26.2. The number of rotatable bonds is 6. The molecule has 3 aliphatic rings. The van der Waals surface area contributed by atoms with E-state index in [1.807, 2.05) is 24.1 Å². The SMILES string of the molecule is CSc1nc2cc(S(C)(=O)=O)ccc2n1C1CCN(C(=O)C2CCN(CC3=CSCC3)CC2)CC1. The minimum atomic E-state index is -3.27. The van der Waals surface area contributed by atoms with Gasteiger partial charge in [-0.2, -0.15) is 0 Å². The predicted molar refractivity (Wildman–Crippen MR) is 144 cm³/mol. The van der Waals surface area contributed by atoms with Crippen molar-refractivity contribution in [3.8, 4) is 0 Å². The largest absolute Gasteiger partial charge is 0.342 e. The number of aromatic nitrogens is 2. The van der Waals surface area contributed by atoms with Gasteiger partial charge >= 0.3 is 0 Å². The second-order valence-corrected chi connectivity index (χ2v) is 13.7. The normalized spacial score (nSPS) is 21.1. The molecule has 2 fully saturated rings. The summed E-state index contributed by atoms with van der Waals surface area (Å²) >= 11 is 3.50. The highest BCUT2D eigenvalue weighted by molar-refractivity contribution is 8.02. The number of thioether (sulfide) groups is 2. The molecule has 0 spiro atoms. The Morgan fingerprint density at radius 1 is 1.14 bits per heavy atom. The van der Waals surface area contributed by atoms with E-state index < -0.39 is 9.84 Å². The number of hydrogen-bond donors (Lipinski definition) is 0. The minimum absolute atomic E-state index is 0.153. The van der Waals surface area contributed by atoms with Gasteiger partial charge in [-0.05, 0) is 80.6 Å². The zero-order chi connectivity index (χ0) is 24.6. The Labute approximate surface area is 216 Å². The Bertz CT molecular complexity index is 1220. The molecule has 4 heterocycles. The molecule has 1 aromatic heterocycles. The van der Waals surface area contributed by atoms with Gasteiger partial charge in [0, 0.05) is 43.6 Å². The molecule has 10 heteroatoms. The minimum Gasteiger partial charge on any atom is -0.342 e. The standard InChI is InChI=1S/C25H34N4O3S3/c1-33-25-26-22-15-21(35(2,31)32)3-4-23(22)29(25)20-7-12-28(13-8-20)24(30)19-5-10-27(11-6-19)16-18-9-14-34-17-18/h3-4,15,17,19-20H,5-14,16H2,1-2H3. The molecule has 1 aromatic carbocycles. The van der Waals surface area contributed by atoms with E-state index in [1.165, 1.54) is 18.4 Å². The van der Waals surface area contributed by atoms with E-state index in [1.54, 1.807) is 29.5 Å². The van der Waals surface area contributed by atoms with Gasteiger partial charge in [-0.1, -0.05) is 11.8 Å². The van der Waals surface area contributed by atoms with Crippen molar-refractivity contribution in [3.63, 3.8) is 0 Å². The van der Waals surface area contributed by atoms with Gasteiger partial charge in [0.1, 0.15) is 0 Å². The van der Waals surface area contributed by atoms with Crippen molar-refractivity contribution in [1.82, 2.24) is 19.4 Å². The molecule has 1 amide bonds. The van der Waals surface area contributed by atoms with Crippen molar-refractivity contribution in [2.24, 2.45) is 5.92 Å². The Hall–Kier alpha value is -1.49. The Morgan fingerprint density at radius 2 is 1.89 bits per heavy atom. The van der Waals surface area contributed by atoms with Crippen LogP contribution < -0.4 is 0 Å². The van der Waals surface area contributed by atoms with Crippen LogP contribution >= 0.6 is 23.5 Å². The van der Waals surface area contributed by atoms with E-state index in [9.17, 15) is 13.2 Å². The van der Waals surface area contributed by atoms with Crippen LogP contribution in [-0.2, 0) is 14.6 Å². The Morgan fingerprint density at radius 3 is 2.51 bits per heavy atom. The van der Waals surface area contributed by atoms with E-state index in [4.69, 9.17) is 4.98 Å². The van der Waals surface area contributed by atoms with Crippen LogP contribution in [0.3, 0.4) is 0 Å². The highest BCUT2D eigenvalue weighted by atomic mass is 32.2. The lowest BCUT2D eigenvalue weighted by Gasteiger charge is -2.38. The summed E-state index contributed by atoms with van der Waals surface area (Å²) in [5.41, 5.74) is 3.23. The fourth-order valence-corrected chi connectivity index (χ4v) is 7.75. The van der Waals surface area contributed by atoms with Gasteiger partial charge in [0.2, 0.25) is 5.91 Å². The predicted octanol–water partition coefficient (Wildman–Crippen LogP) is 4.06. The summed E-state index contributed by atoms with van der Waals surface area (Å²) in [6, 6.07) is 5.49. The third kappa shape index (κ3) is 5.45. The first-order chi connectivity index (χ1) is 16.8. The lowest BCUT2D eigenvalue weighted by molar-refractivity contribution is -0.138. The molecule has 190 valence electrons. The van der Waals surface area contributed by atoms with Gasteiger partial charge in [0.25, 0.3) is 0 Å². The maximum atomic E-state index is 13.3. The van der Waals surface area contributed by atoms with E-state index in [-0.39, 0.29) is 12.0 Å². The number of hydrogen-bond acceptors (Lipinski definition) is 7. The number of nitrogens with zero attached hydrogens (tertiary/aromatic N) is 4. The summed E-state index contributed by atoms with van der Waals surface area (Å²) in [6.45, 7) is 4.64. The van der Waals surface area contributed by atoms with Crippen LogP contribution in [0.5, 0.6) is 0 Å². The molecule has 0 aliphatic carbocycles. The van der Waals surface area contributed by atoms with Crippen molar-refractivity contribution in [3.05, 3.63) is 29.2 Å². The molecule has 3 aliphatic heterocycles. The van der Waals surface area contributed by atoms with Crippen LogP contribution in [0.15, 0.2) is 39.2 Å². The zero-order valence-electron chi connectivity index (χ0n) is 20.5. The van der Waals surface area contributed by atoms with Crippen LogP contribution in [-0.4, -0.2) is 84.7 Å². The molecule has 0 N–H and O–H groups in total. The van der Waals surface area contributed by atoms with Gasteiger partial charge in [-0.25, -0.2) is 13.4 Å². The van der Waals surface area contributed by atoms with Crippen LogP contribution in [0.1, 0.15) is 38.1 Å². The smallest absolute Gasteiger partial charge is 0.225 e. The maximum absolute atomic E-state index is 13.3. The molecule has 0 atom stereocenters. The number of amides is 1. The van der Waals surface area contributed by atoms with E-state index in [0.717, 1.165) is 74.6 Å². The number of carbonyl (C=O) groups excluding carboxylic acids is 1. The third-order valence-corrected chi connectivity index (χ3v) is 10.2. The van der Waals surface area contributed by atoms with Crippen molar-refractivity contribution >= 4 is 50.3 Å². The maximum Gasteiger partial charge on any atom is 0.225 e. The first kappa shape index (κ1) is 25.2. The highest BCUT2D eigenvalue weighted by Crippen LogP contribution is 2.34. The second-order valence-electron chi connectivity index (χ2n) is 9.89. The van der Waals surface area contributed by atoms with Crippen molar-refractivity contribution in [2.75, 3.05) is 51.0 Å². The molecule has 2 saturated heterocycles. The van der Waals surface area contributed by atoms with Crippen LogP contribution in [0.4, 0.5) is 0 Å². The molecule has 0 bridgehead atoms. The molecule has 0 unspecified atom stereocenters. The average molecular weight is 535 g/mol. The number of carbonyl (C=O) groups is 1. The summed E-state index contributed by atoms with van der Waals surface area (Å²) in [6.07, 6.45) is 8.15. The third-order valence-electron chi connectivity index (χ3n) is 7.54. The Balaban J connectivity index is 1.20. The van der Waals surface area contributed by atoms with Gasteiger partial charge in [-0.15, -0.1) is 11.8 Å². The van der Waals surface area contributed by atoms with Crippen molar-refractivity contribution < 1.29 is 13.2 Å². The van der Waals surface area contributed by atoms with E-state index in [2.05, 4.69) is 19.8 Å². The monoisotopic (exact) mass is 534 g/mol. The van der Waals surface area contributed by atoms with E-state index >= 15 is 0 Å². The first-order valence-electron chi connectivity index (χ1n) is 12.4. The zero-order valence-corrected chi connectivity index (χ0v) is 22.9. The second kappa shape index (κ2) is 10.5. The van der Waals surface area contributed by atoms with Gasteiger partial charge < -0.3 is 9.47 Å². The summed E-state index contributed by atoms with van der Waals surface area (Å²) in [5.74, 6) is 1.70. The lowest BCUT2D eigenvalue weighted by Crippen LogP contribution is -2.45. The molecular weight excluding hydrogens is 501 g/mol. The Kier molecular flexibility index (Phi) is 7.53. The summed E-state index contributed by atoms with van der Waals surface area (Å²) in [5, 5.41) is 3.22. The molecule has 0 saturated carbocycles. The summed E-state index contributed by atoms with van der Waals surface area (Å²) in [7, 11) is -3.27. The van der Waals surface area contributed by atoms with Crippen molar-refractivity contribution in [2.45, 2.75) is 48.2 Å². The van der Waals surface area contributed by atoms with Gasteiger partial charge in [0.15, 0.2) is 15.0 Å². The molecule has 35 heavy (non-hydrogen) atoms. The fraction of sp³-hybridized carbons (Fsp3) is 0.600. The number of sulfone groups is 1. The summed E-state index contributed by atoms with van der Waals surface area (Å²) in [4.78, 5) is 22.9. The lowest BCUT2D eigenvalue weighted by atomic mass is 9.93. The molecular formula is C25H34N4O3S3. The average Bonchev–Trinajstić information content (AvgIpc) is 3.50. The number of fused-ring (bicyclic) bond motifs is 1. The van der Waals surface area contributed by atoms with Crippen molar-refractivity contribution in [1.29, 1.82) is 0 Å². The van der Waals surface area contributed by atoms with Gasteiger partial charge in [-0.3, -0.25) is 9.69 Å². The first-order valence-corrected chi connectivity index (χ1v) is 16.6. The van der Waals surface area contributed by atoms with Crippen LogP contribution in [0.2, 0.25) is 0 Å². The number of imidazole rings is 1. The van der Waals surface area contributed by atoms with Crippen LogP contribution in [0.25, 0.3) is 11.0 Å². The molecule has 2 aromatic rings. The fourth-order valence-electron chi connectivity index (χ4n) is 5.55. The van der Waals surface area contributed by atoms with E-state index in [0.29, 0.717) is 10.8 Å². The topological polar surface area (TPSA) is 75.5 Å². The highest BCUT2D eigenvalue weighted by Gasteiger charge is 2.32. The quantitative estimate of drug-likeness (QED) is 0.518. The number of likely N-dealkylation sites (tertiary alicyclic amines) is 2. The molecule has 0 radical (unpaired) electrons. The number of benzene rings is 1. The van der Waals surface area contributed by atoms with Gasteiger partial charge in [0.05, 0.1) is 15.9 Å². The molecule has 5 rings (SSSR count). The molecule has 7 nitrogen and oxygen atoms in total. The number of piperidine rings is 2. The van der Waals surface area contributed by atoms with Crippen LogP contribution in [0, 0.1) is 5.92 Å².